The molecule has 2 aromatic heterocycles. The number of pyridine rings is 1. The van der Waals surface area contributed by atoms with Crippen molar-refractivity contribution in [3.63, 3.8) is 0 Å². The zero-order chi connectivity index (χ0) is 19.6. The quantitative estimate of drug-likeness (QED) is 0.597. The predicted octanol–water partition coefficient (Wildman–Crippen LogP) is 5.17. The molecule has 5 rings (SSSR count). The molecule has 2 fully saturated rings. The first kappa shape index (κ1) is 18.4. The second-order valence-corrected chi connectivity index (χ2v) is 8.41. The van der Waals surface area contributed by atoms with Gasteiger partial charge in [-0.2, -0.15) is 0 Å². The van der Waals surface area contributed by atoms with Crippen LogP contribution in [0.15, 0.2) is 73.1 Å². The summed E-state index contributed by atoms with van der Waals surface area (Å²) in [6, 6.07) is 21.9. The minimum Gasteiger partial charge on any atom is -0.352 e. The molecular formula is C24H26N4S. The van der Waals surface area contributed by atoms with Crippen molar-refractivity contribution in [2.45, 2.75) is 50.4 Å². The topological polar surface area (TPSA) is 33.1 Å². The first-order chi connectivity index (χ1) is 14.3. The van der Waals surface area contributed by atoms with Crippen LogP contribution >= 0.6 is 12.2 Å². The minimum absolute atomic E-state index is 0.0439. The second-order valence-electron chi connectivity index (χ2n) is 8.02. The normalized spacial score (nSPS) is 22.2. The van der Waals surface area contributed by atoms with Crippen LogP contribution in [0.25, 0.3) is 0 Å². The van der Waals surface area contributed by atoms with Crippen LogP contribution < -0.4 is 5.32 Å². The summed E-state index contributed by atoms with van der Waals surface area (Å²) in [5.41, 5.74) is 3.63. The van der Waals surface area contributed by atoms with Crippen LogP contribution in [-0.2, 0) is 6.54 Å². The lowest BCUT2D eigenvalue weighted by molar-refractivity contribution is 0.290. The number of hydrogen-bond donors (Lipinski definition) is 1. The highest BCUT2D eigenvalue weighted by molar-refractivity contribution is 7.80. The number of benzene rings is 1. The number of rotatable bonds is 5. The molecule has 29 heavy (non-hydrogen) atoms. The minimum atomic E-state index is 0.0439. The van der Waals surface area contributed by atoms with Gasteiger partial charge in [-0.05, 0) is 54.9 Å². The molecule has 1 saturated carbocycles. The van der Waals surface area contributed by atoms with Crippen molar-refractivity contribution in [3.8, 4) is 0 Å². The van der Waals surface area contributed by atoms with E-state index >= 15 is 0 Å². The van der Waals surface area contributed by atoms with Gasteiger partial charge in [0.25, 0.3) is 0 Å². The number of hydrogen-bond acceptors (Lipinski definition) is 2. The summed E-state index contributed by atoms with van der Waals surface area (Å²) < 4.78 is 2.50. The van der Waals surface area contributed by atoms with Gasteiger partial charge in [0.15, 0.2) is 5.11 Å². The molecular weight excluding hydrogens is 376 g/mol. The zero-order valence-electron chi connectivity index (χ0n) is 16.4. The summed E-state index contributed by atoms with van der Waals surface area (Å²) in [6.07, 6.45) is 9.29. The van der Waals surface area contributed by atoms with Crippen LogP contribution in [0, 0.1) is 0 Å². The van der Waals surface area contributed by atoms with Crippen LogP contribution in [0.4, 0.5) is 0 Å². The molecule has 2 atom stereocenters. The summed E-state index contributed by atoms with van der Waals surface area (Å²) in [5, 5.41) is 4.38. The average molecular weight is 403 g/mol. The van der Waals surface area contributed by atoms with Gasteiger partial charge in [-0.25, -0.2) is 0 Å². The SMILES string of the molecule is S=C1N[C@@H](c2ccccn2)[C@@H](c2cccn2C2CCCC2)N1Cc1ccccc1. The Kier molecular flexibility index (Phi) is 5.06. The Bertz CT molecular complexity index is 963. The third-order valence-corrected chi connectivity index (χ3v) is 6.58. The van der Waals surface area contributed by atoms with E-state index in [0.29, 0.717) is 6.04 Å². The van der Waals surface area contributed by atoms with Gasteiger partial charge in [0.05, 0.1) is 17.8 Å². The summed E-state index contributed by atoms with van der Waals surface area (Å²) in [6.45, 7) is 0.788. The number of nitrogens with zero attached hydrogens (tertiary/aromatic N) is 3. The lowest BCUT2D eigenvalue weighted by Crippen LogP contribution is -2.30. The number of aromatic nitrogens is 2. The maximum atomic E-state index is 5.82. The van der Waals surface area contributed by atoms with Crippen LogP contribution in [0.5, 0.6) is 0 Å². The van der Waals surface area contributed by atoms with Gasteiger partial charge in [-0.3, -0.25) is 4.98 Å². The first-order valence-electron chi connectivity index (χ1n) is 10.5. The highest BCUT2D eigenvalue weighted by atomic mass is 32.1. The Labute approximate surface area is 177 Å². The lowest BCUT2D eigenvalue weighted by atomic mass is 10.0. The number of thiocarbonyl (C=S) groups is 1. The van der Waals surface area contributed by atoms with Crippen LogP contribution in [0.1, 0.15) is 60.8 Å². The van der Waals surface area contributed by atoms with Gasteiger partial charge in [0.2, 0.25) is 0 Å². The van der Waals surface area contributed by atoms with E-state index in [-0.39, 0.29) is 12.1 Å². The van der Waals surface area contributed by atoms with Gasteiger partial charge in [-0.15, -0.1) is 0 Å². The molecule has 0 unspecified atom stereocenters. The molecule has 1 aromatic carbocycles. The molecule has 0 amide bonds. The largest absolute Gasteiger partial charge is 0.352 e. The molecule has 0 bridgehead atoms. The van der Waals surface area contributed by atoms with Crippen molar-refractivity contribution in [1.29, 1.82) is 0 Å². The molecule has 3 aromatic rings. The molecule has 2 aliphatic rings. The molecule has 0 radical (unpaired) electrons. The maximum Gasteiger partial charge on any atom is 0.170 e. The first-order valence-corrected chi connectivity index (χ1v) is 10.9. The maximum absolute atomic E-state index is 5.82. The van der Waals surface area contributed by atoms with Crippen LogP contribution in [-0.4, -0.2) is 19.6 Å². The highest BCUT2D eigenvalue weighted by Crippen LogP contribution is 2.42. The summed E-state index contributed by atoms with van der Waals surface area (Å²) in [7, 11) is 0. The van der Waals surface area contributed by atoms with Crippen molar-refractivity contribution >= 4 is 17.3 Å². The fraction of sp³-hybridized carbons (Fsp3) is 0.333. The molecule has 1 N–H and O–H groups in total. The second kappa shape index (κ2) is 7.99. The molecule has 148 valence electrons. The Hall–Kier alpha value is -2.66. The molecule has 3 heterocycles. The Morgan fingerprint density at radius 1 is 0.966 bits per heavy atom. The van der Waals surface area contributed by atoms with E-state index in [1.165, 1.54) is 36.9 Å². The summed E-state index contributed by atoms with van der Waals surface area (Å²) in [4.78, 5) is 7.00. The number of nitrogens with one attached hydrogen (secondary N) is 1. The van der Waals surface area contributed by atoms with Gasteiger partial charge >= 0.3 is 0 Å². The summed E-state index contributed by atoms with van der Waals surface area (Å²) in [5.74, 6) is 0. The fourth-order valence-electron chi connectivity index (χ4n) is 4.85. The van der Waals surface area contributed by atoms with E-state index in [1.807, 2.05) is 12.3 Å². The summed E-state index contributed by atoms with van der Waals surface area (Å²) >= 11 is 5.82. The van der Waals surface area contributed by atoms with E-state index in [1.54, 1.807) is 0 Å². The molecule has 1 saturated heterocycles. The van der Waals surface area contributed by atoms with E-state index in [2.05, 4.69) is 80.6 Å². The van der Waals surface area contributed by atoms with E-state index < -0.39 is 0 Å². The standard InChI is InChI=1S/C24H26N4S/c29-24-26-22(20-13-6-7-15-25-20)23(28(24)17-18-9-2-1-3-10-18)21-14-8-16-27(21)19-11-4-5-12-19/h1-3,6-10,13-16,19,22-23H,4-5,11-12,17H2,(H,26,29)/t22-,23+/m0/s1. The lowest BCUT2D eigenvalue weighted by Gasteiger charge is -2.30. The Balaban J connectivity index is 1.56. The average Bonchev–Trinajstić information content (AvgIpc) is 3.50. The van der Waals surface area contributed by atoms with Crippen molar-refractivity contribution in [2.75, 3.05) is 0 Å². The zero-order valence-corrected chi connectivity index (χ0v) is 17.3. The fourth-order valence-corrected chi connectivity index (χ4v) is 5.16. The van der Waals surface area contributed by atoms with Gasteiger partial charge in [0.1, 0.15) is 0 Å². The van der Waals surface area contributed by atoms with Gasteiger partial charge in [-0.1, -0.05) is 49.2 Å². The smallest absolute Gasteiger partial charge is 0.170 e. The Morgan fingerprint density at radius 2 is 1.76 bits per heavy atom. The highest BCUT2D eigenvalue weighted by Gasteiger charge is 2.41. The van der Waals surface area contributed by atoms with E-state index in [9.17, 15) is 0 Å². The van der Waals surface area contributed by atoms with Crippen LogP contribution in [0.3, 0.4) is 0 Å². The predicted molar refractivity (Wildman–Crippen MR) is 119 cm³/mol. The van der Waals surface area contributed by atoms with E-state index in [0.717, 1.165) is 17.4 Å². The molecule has 5 heteroatoms. The molecule has 4 nitrogen and oxygen atoms in total. The third-order valence-electron chi connectivity index (χ3n) is 6.23. The molecule has 0 spiro atoms. The van der Waals surface area contributed by atoms with Gasteiger partial charge < -0.3 is 14.8 Å². The van der Waals surface area contributed by atoms with Crippen molar-refractivity contribution in [2.24, 2.45) is 0 Å². The van der Waals surface area contributed by atoms with Crippen molar-refractivity contribution < 1.29 is 0 Å². The van der Waals surface area contributed by atoms with Crippen molar-refractivity contribution in [3.05, 3.63) is 90.0 Å². The third kappa shape index (κ3) is 3.55. The van der Waals surface area contributed by atoms with Crippen molar-refractivity contribution in [1.82, 2.24) is 19.8 Å². The molecule has 1 aliphatic heterocycles. The molecule has 1 aliphatic carbocycles. The monoisotopic (exact) mass is 402 g/mol. The van der Waals surface area contributed by atoms with Gasteiger partial charge in [0, 0.05) is 30.7 Å². The van der Waals surface area contributed by atoms with E-state index in [4.69, 9.17) is 12.2 Å². The van der Waals surface area contributed by atoms with Crippen LogP contribution in [0.2, 0.25) is 0 Å². The Morgan fingerprint density at radius 3 is 2.52 bits per heavy atom.